The minimum Gasteiger partial charge on any atom is -0.438 e. The average Bonchev–Trinajstić information content (AvgIpc) is 3.21. The van der Waals surface area contributed by atoms with Gasteiger partial charge in [-0.25, -0.2) is 8.42 Å². The first-order valence-electron chi connectivity index (χ1n) is 9.84. The van der Waals surface area contributed by atoms with Crippen LogP contribution in [0.25, 0.3) is 0 Å². The lowest BCUT2D eigenvalue weighted by Crippen LogP contribution is -2.38. The molecule has 3 rings (SSSR count). The van der Waals surface area contributed by atoms with E-state index in [1.54, 1.807) is 14.0 Å². The number of rotatable bonds is 8. The monoisotopic (exact) mass is 420 g/mol. The third kappa shape index (κ3) is 5.46. The van der Waals surface area contributed by atoms with Gasteiger partial charge in [0, 0.05) is 26.2 Å². The van der Waals surface area contributed by atoms with Crippen molar-refractivity contribution < 1.29 is 22.4 Å². The standard InChI is InChI=1S/C21H28N2O5S/c1-16(15-27-2)22-21(24)19-8-9-20(28-19)29(25,26)23-12-10-18(11-13-23)14-17-6-4-3-5-7-17/h3-9,16,18H,10-15H2,1-2H3,(H,22,24). The fraction of sp³-hybridized carbons (Fsp3) is 0.476. The van der Waals surface area contributed by atoms with Crippen LogP contribution in [-0.2, 0) is 21.2 Å². The zero-order valence-corrected chi connectivity index (χ0v) is 17.7. The molecule has 1 unspecified atom stereocenters. The molecule has 2 heterocycles. The molecule has 158 valence electrons. The van der Waals surface area contributed by atoms with Gasteiger partial charge < -0.3 is 14.5 Å². The van der Waals surface area contributed by atoms with E-state index < -0.39 is 15.9 Å². The molecule has 1 aliphatic rings. The number of nitrogens with one attached hydrogen (secondary N) is 1. The zero-order chi connectivity index (χ0) is 20.9. The molecule has 0 radical (unpaired) electrons. The fourth-order valence-electron chi connectivity index (χ4n) is 3.60. The van der Waals surface area contributed by atoms with E-state index >= 15 is 0 Å². The number of carbonyl (C=O) groups excluding carboxylic acids is 1. The van der Waals surface area contributed by atoms with Gasteiger partial charge in [0.1, 0.15) is 0 Å². The molecule has 2 aromatic rings. The largest absolute Gasteiger partial charge is 0.438 e. The summed E-state index contributed by atoms with van der Waals surface area (Å²) in [4.78, 5) is 12.2. The Labute approximate surface area is 172 Å². The number of nitrogens with zero attached hydrogens (tertiary/aromatic N) is 1. The lowest BCUT2D eigenvalue weighted by atomic mass is 9.91. The molecule has 1 aromatic carbocycles. The highest BCUT2D eigenvalue weighted by molar-refractivity contribution is 7.89. The Hall–Kier alpha value is -2.16. The second kappa shape index (κ2) is 9.56. The average molecular weight is 421 g/mol. The second-order valence-electron chi connectivity index (χ2n) is 7.49. The highest BCUT2D eigenvalue weighted by atomic mass is 32.2. The summed E-state index contributed by atoms with van der Waals surface area (Å²) >= 11 is 0. The number of hydrogen-bond donors (Lipinski definition) is 1. The van der Waals surface area contributed by atoms with Crippen molar-refractivity contribution in [3.63, 3.8) is 0 Å². The van der Waals surface area contributed by atoms with Crippen molar-refractivity contribution in [2.24, 2.45) is 5.92 Å². The molecule has 1 aromatic heterocycles. The van der Waals surface area contributed by atoms with E-state index in [-0.39, 0.29) is 16.9 Å². The molecule has 1 atom stereocenters. The number of methoxy groups -OCH3 is 1. The number of sulfonamides is 1. The van der Waals surface area contributed by atoms with Crippen LogP contribution in [0.2, 0.25) is 0 Å². The summed E-state index contributed by atoms with van der Waals surface area (Å²) in [5.41, 5.74) is 1.28. The maximum Gasteiger partial charge on any atom is 0.287 e. The number of benzene rings is 1. The Morgan fingerprint density at radius 3 is 2.55 bits per heavy atom. The van der Waals surface area contributed by atoms with Crippen LogP contribution >= 0.6 is 0 Å². The minimum atomic E-state index is -3.75. The third-order valence-electron chi connectivity index (χ3n) is 5.13. The maximum atomic E-state index is 12.9. The molecular formula is C21H28N2O5S. The Bertz CT molecular complexity index is 902. The van der Waals surface area contributed by atoms with Crippen LogP contribution in [0.4, 0.5) is 0 Å². The van der Waals surface area contributed by atoms with Gasteiger partial charge in [0.05, 0.1) is 6.61 Å². The van der Waals surface area contributed by atoms with Crippen LogP contribution in [0.15, 0.2) is 52.0 Å². The van der Waals surface area contributed by atoms with Gasteiger partial charge in [0.2, 0.25) is 5.09 Å². The maximum absolute atomic E-state index is 12.9. The fourth-order valence-corrected chi connectivity index (χ4v) is 4.98. The molecule has 1 aliphatic heterocycles. The van der Waals surface area contributed by atoms with E-state index in [1.807, 2.05) is 18.2 Å². The van der Waals surface area contributed by atoms with E-state index in [0.717, 1.165) is 19.3 Å². The summed E-state index contributed by atoms with van der Waals surface area (Å²) in [6.07, 6.45) is 2.56. The lowest BCUT2D eigenvalue weighted by Gasteiger charge is -2.30. The normalized spacial score (nSPS) is 17.2. The number of ether oxygens (including phenoxy) is 1. The summed E-state index contributed by atoms with van der Waals surface area (Å²) in [5, 5.41) is 2.51. The first-order chi connectivity index (χ1) is 13.9. The molecule has 8 heteroatoms. The highest BCUT2D eigenvalue weighted by Crippen LogP contribution is 2.27. The van der Waals surface area contributed by atoms with E-state index in [1.165, 1.54) is 22.0 Å². The SMILES string of the molecule is COCC(C)NC(=O)c1ccc(S(=O)(=O)N2CCC(Cc3ccccc3)CC2)o1. The summed E-state index contributed by atoms with van der Waals surface area (Å²) in [6, 6.07) is 12.8. The van der Waals surface area contributed by atoms with Gasteiger partial charge in [-0.05, 0) is 49.8 Å². The lowest BCUT2D eigenvalue weighted by molar-refractivity contribution is 0.0872. The van der Waals surface area contributed by atoms with Crippen molar-refractivity contribution >= 4 is 15.9 Å². The van der Waals surface area contributed by atoms with Crippen molar-refractivity contribution in [2.75, 3.05) is 26.8 Å². The molecule has 0 aliphatic carbocycles. The van der Waals surface area contributed by atoms with E-state index in [0.29, 0.717) is 25.6 Å². The van der Waals surface area contributed by atoms with Gasteiger partial charge in [-0.3, -0.25) is 4.79 Å². The first kappa shape index (κ1) is 21.5. The molecular weight excluding hydrogens is 392 g/mol. The predicted octanol–water partition coefficient (Wildman–Crippen LogP) is 2.69. The molecule has 1 saturated heterocycles. The number of piperidine rings is 1. The van der Waals surface area contributed by atoms with Gasteiger partial charge in [-0.2, -0.15) is 4.31 Å². The summed E-state index contributed by atoms with van der Waals surface area (Å²) in [5.74, 6) is -0.0212. The number of carbonyl (C=O) groups is 1. The van der Waals surface area contributed by atoms with Crippen molar-refractivity contribution in [1.82, 2.24) is 9.62 Å². The second-order valence-corrected chi connectivity index (χ2v) is 9.35. The Balaban J connectivity index is 1.59. The molecule has 0 bridgehead atoms. The van der Waals surface area contributed by atoms with E-state index in [2.05, 4.69) is 17.4 Å². The molecule has 1 amide bonds. The topological polar surface area (TPSA) is 88.8 Å². The van der Waals surface area contributed by atoms with Crippen molar-refractivity contribution in [1.29, 1.82) is 0 Å². The van der Waals surface area contributed by atoms with Crippen molar-refractivity contribution in [3.05, 3.63) is 53.8 Å². The quantitative estimate of drug-likeness (QED) is 0.709. The molecule has 29 heavy (non-hydrogen) atoms. The van der Waals surface area contributed by atoms with Crippen LogP contribution in [0.1, 0.15) is 35.9 Å². The first-order valence-corrected chi connectivity index (χ1v) is 11.3. The summed E-state index contributed by atoms with van der Waals surface area (Å²) in [7, 11) is -2.20. The smallest absolute Gasteiger partial charge is 0.287 e. The zero-order valence-electron chi connectivity index (χ0n) is 16.8. The number of amides is 1. The number of hydrogen-bond acceptors (Lipinski definition) is 5. The van der Waals surface area contributed by atoms with Gasteiger partial charge in [0.25, 0.3) is 15.9 Å². The molecule has 0 saturated carbocycles. The van der Waals surface area contributed by atoms with Gasteiger partial charge in [-0.1, -0.05) is 30.3 Å². The van der Waals surface area contributed by atoms with Crippen LogP contribution < -0.4 is 5.32 Å². The minimum absolute atomic E-state index is 0.0227. The Morgan fingerprint density at radius 1 is 1.21 bits per heavy atom. The Morgan fingerprint density at radius 2 is 1.90 bits per heavy atom. The molecule has 0 spiro atoms. The predicted molar refractivity (Wildman–Crippen MR) is 109 cm³/mol. The van der Waals surface area contributed by atoms with Crippen LogP contribution in [0, 0.1) is 5.92 Å². The van der Waals surface area contributed by atoms with Gasteiger partial charge in [0.15, 0.2) is 5.76 Å². The van der Waals surface area contributed by atoms with Gasteiger partial charge in [-0.15, -0.1) is 0 Å². The van der Waals surface area contributed by atoms with E-state index in [9.17, 15) is 13.2 Å². The molecule has 1 N–H and O–H groups in total. The van der Waals surface area contributed by atoms with Crippen molar-refractivity contribution in [3.8, 4) is 0 Å². The van der Waals surface area contributed by atoms with Crippen molar-refractivity contribution in [2.45, 2.75) is 37.3 Å². The Kier molecular flexibility index (Phi) is 7.10. The van der Waals surface area contributed by atoms with Crippen LogP contribution in [-0.4, -0.2) is 51.5 Å². The van der Waals surface area contributed by atoms with E-state index in [4.69, 9.17) is 9.15 Å². The van der Waals surface area contributed by atoms with Crippen LogP contribution in [0.3, 0.4) is 0 Å². The molecule has 7 nitrogen and oxygen atoms in total. The van der Waals surface area contributed by atoms with Gasteiger partial charge >= 0.3 is 0 Å². The number of furan rings is 1. The third-order valence-corrected chi connectivity index (χ3v) is 6.91. The van der Waals surface area contributed by atoms with Crippen LogP contribution in [0.5, 0.6) is 0 Å². The highest BCUT2D eigenvalue weighted by Gasteiger charge is 2.32. The summed E-state index contributed by atoms with van der Waals surface area (Å²) < 4.78 is 37.6. The molecule has 1 fully saturated rings. The summed E-state index contributed by atoms with van der Waals surface area (Å²) in [6.45, 7) is 3.05.